The first-order valence-corrected chi connectivity index (χ1v) is 7.10. The maximum Gasteiger partial charge on any atom is 0.416 e. The summed E-state index contributed by atoms with van der Waals surface area (Å²) in [6, 6.07) is 0. The Kier molecular flexibility index (Phi) is 5.11. The van der Waals surface area contributed by atoms with Crippen molar-refractivity contribution < 1.29 is 27.9 Å². The third-order valence-corrected chi connectivity index (χ3v) is 4.00. The molecule has 0 spiro atoms. The topological polar surface area (TPSA) is 82.1 Å². The highest BCUT2D eigenvalue weighted by Gasteiger charge is 2.35. The lowest BCUT2D eigenvalue weighted by atomic mass is 10.5. The van der Waals surface area contributed by atoms with Crippen molar-refractivity contribution in [2.24, 2.45) is 0 Å². The molecule has 0 bridgehead atoms. The standard InChI is InChI=1S/C9H16NO6P/c1-3-15-17(13,16-4-2)7-8(11)10-5-6-14-9(10)12/h3-7H2,1-2H3. The van der Waals surface area contributed by atoms with Crippen molar-refractivity contribution in [1.29, 1.82) is 0 Å². The average molecular weight is 265 g/mol. The number of nitrogens with zero attached hydrogens (tertiary/aromatic N) is 1. The molecule has 0 aromatic carbocycles. The van der Waals surface area contributed by atoms with E-state index in [4.69, 9.17) is 9.05 Å². The number of amides is 2. The molecule has 0 N–H and O–H groups in total. The van der Waals surface area contributed by atoms with Gasteiger partial charge in [0.2, 0.25) is 5.91 Å². The molecular weight excluding hydrogens is 249 g/mol. The van der Waals surface area contributed by atoms with Crippen molar-refractivity contribution in [3.8, 4) is 0 Å². The average Bonchev–Trinajstić information content (AvgIpc) is 2.64. The number of rotatable bonds is 6. The van der Waals surface area contributed by atoms with E-state index in [1.807, 2.05) is 0 Å². The van der Waals surface area contributed by atoms with Crippen LogP contribution in [0.4, 0.5) is 4.79 Å². The monoisotopic (exact) mass is 265 g/mol. The molecular formula is C9H16NO6P. The van der Waals surface area contributed by atoms with Crippen LogP contribution in [0.25, 0.3) is 0 Å². The Balaban J connectivity index is 2.63. The van der Waals surface area contributed by atoms with Gasteiger partial charge in [0.05, 0.1) is 19.8 Å². The number of carbonyl (C=O) groups excluding carboxylic acids is 2. The van der Waals surface area contributed by atoms with Gasteiger partial charge in [0.15, 0.2) is 0 Å². The molecule has 1 saturated heterocycles. The van der Waals surface area contributed by atoms with Crippen LogP contribution in [0.15, 0.2) is 0 Å². The Labute approximate surface area is 99.5 Å². The number of imide groups is 1. The fraction of sp³-hybridized carbons (Fsp3) is 0.778. The van der Waals surface area contributed by atoms with Gasteiger partial charge in [-0.1, -0.05) is 0 Å². The van der Waals surface area contributed by atoms with Crippen LogP contribution in [0.5, 0.6) is 0 Å². The van der Waals surface area contributed by atoms with Crippen LogP contribution in [-0.2, 0) is 23.1 Å². The molecule has 2 amide bonds. The van der Waals surface area contributed by atoms with E-state index in [1.54, 1.807) is 13.8 Å². The highest BCUT2D eigenvalue weighted by Crippen LogP contribution is 2.48. The van der Waals surface area contributed by atoms with E-state index in [1.165, 1.54) is 0 Å². The van der Waals surface area contributed by atoms with Crippen molar-refractivity contribution in [1.82, 2.24) is 4.90 Å². The van der Waals surface area contributed by atoms with Crippen LogP contribution in [0.1, 0.15) is 13.8 Å². The van der Waals surface area contributed by atoms with Crippen LogP contribution < -0.4 is 0 Å². The van der Waals surface area contributed by atoms with Gasteiger partial charge in [-0.15, -0.1) is 0 Å². The maximum absolute atomic E-state index is 12.0. The highest BCUT2D eigenvalue weighted by molar-refractivity contribution is 7.54. The lowest BCUT2D eigenvalue weighted by molar-refractivity contribution is -0.125. The lowest BCUT2D eigenvalue weighted by Crippen LogP contribution is -2.34. The van der Waals surface area contributed by atoms with E-state index in [-0.39, 0.29) is 26.4 Å². The molecule has 7 nitrogen and oxygen atoms in total. The molecule has 98 valence electrons. The predicted octanol–water partition coefficient (Wildman–Crippen LogP) is 1.23. The van der Waals surface area contributed by atoms with E-state index in [9.17, 15) is 14.2 Å². The number of carbonyl (C=O) groups is 2. The largest absolute Gasteiger partial charge is 0.447 e. The Morgan fingerprint density at radius 3 is 2.41 bits per heavy atom. The molecule has 1 aliphatic heterocycles. The summed E-state index contributed by atoms with van der Waals surface area (Å²) in [7, 11) is -3.45. The summed E-state index contributed by atoms with van der Waals surface area (Å²) in [5.74, 6) is -0.599. The van der Waals surface area contributed by atoms with E-state index in [0.29, 0.717) is 0 Å². The zero-order chi connectivity index (χ0) is 12.9. The molecule has 1 rings (SSSR count). The van der Waals surface area contributed by atoms with E-state index < -0.39 is 25.8 Å². The normalized spacial score (nSPS) is 16.1. The van der Waals surface area contributed by atoms with Crippen molar-refractivity contribution in [3.63, 3.8) is 0 Å². The van der Waals surface area contributed by atoms with Gasteiger partial charge in [-0.25, -0.2) is 9.69 Å². The molecule has 0 atom stereocenters. The van der Waals surface area contributed by atoms with Gasteiger partial charge in [-0.3, -0.25) is 9.36 Å². The summed E-state index contributed by atoms with van der Waals surface area (Å²) in [5.41, 5.74) is 0. The summed E-state index contributed by atoms with van der Waals surface area (Å²) in [5, 5.41) is 0. The summed E-state index contributed by atoms with van der Waals surface area (Å²) < 4.78 is 26.6. The van der Waals surface area contributed by atoms with Gasteiger partial charge in [0.25, 0.3) is 0 Å². The van der Waals surface area contributed by atoms with Gasteiger partial charge in [-0.05, 0) is 13.8 Å². The second-order valence-electron chi connectivity index (χ2n) is 3.26. The Morgan fingerprint density at radius 1 is 1.41 bits per heavy atom. The second kappa shape index (κ2) is 6.14. The second-order valence-corrected chi connectivity index (χ2v) is 5.32. The summed E-state index contributed by atoms with van der Waals surface area (Å²) >= 11 is 0. The van der Waals surface area contributed by atoms with E-state index in [2.05, 4.69) is 4.74 Å². The molecule has 0 aromatic rings. The zero-order valence-corrected chi connectivity index (χ0v) is 10.8. The number of cyclic esters (lactones) is 1. The van der Waals surface area contributed by atoms with Gasteiger partial charge in [0, 0.05) is 0 Å². The molecule has 1 fully saturated rings. The molecule has 8 heteroatoms. The first kappa shape index (κ1) is 14.2. The van der Waals surface area contributed by atoms with Crippen LogP contribution in [0, 0.1) is 0 Å². The fourth-order valence-corrected chi connectivity index (χ4v) is 2.94. The zero-order valence-electron chi connectivity index (χ0n) is 9.88. The minimum atomic E-state index is -3.45. The molecule has 17 heavy (non-hydrogen) atoms. The summed E-state index contributed by atoms with van der Waals surface area (Å²) in [4.78, 5) is 23.8. The third-order valence-electron chi connectivity index (χ3n) is 2.04. The molecule has 0 saturated carbocycles. The molecule has 0 radical (unpaired) electrons. The third kappa shape index (κ3) is 3.80. The molecule has 1 heterocycles. The Bertz CT molecular complexity index is 334. The minimum absolute atomic E-state index is 0.165. The first-order chi connectivity index (χ1) is 8.02. The summed E-state index contributed by atoms with van der Waals surface area (Å²) in [6.45, 7) is 4.00. The highest BCUT2D eigenvalue weighted by atomic mass is 31.2. The van der Waals surface area contributed by atoms with Crippen LogP contribution >= 0.6 is 7.60 Å². The van der Waals surface area contributed by atoms with Crippen molar-refractivity contribution in [2.45, 2.75) is 13.8 Å². The first-order valence-electron chi connectivity index (χ1n) is 5.37. The van der Waals surface area contributed by atoms with Crippen molar-refractivity contribution in [2.75, 3.05) is 32.5 Å². The minimum Gasteiger partial charge on any atom is -0.447 e. The molecule has 0 unspecified atom stereocenters. The van der Waals surface area contributed by atoms with Gasteiger partial charge in [-0.2, -0.15) is 0 Å². The molecule has 0 aliphatic carbocycles. The quantitative estimate of drug-likeness (QED) is 0.672. The number of hydrogen-bond acceptors (Lipinski definition) is 6. The lowest BCUT2D eigenvalue weighted by Gasteiger charge is -2.18. The molecule has 1 aliphatic rings. The van der Waals surface area contributed by atoms with Crippen LogP contribution in [0.2, 0.25) is 0 Å². The summed E-state index contributed by atoms with van der Waals surface area (Å²) in [6.07, 6.45) is -1.15. The number of hydrogen-bond donors (Lipinski definition) is 0. The number of ether oxygens (including phenoxy) is 1. The Hall–Kier alpha value is -0.910. The van der Waals surface area contributed by atoms with Gasteiger partial charge < -0.3 is 13.8 Å². The SMILES string of the molecule is CCOP(=O)(CC(=O)N1CCOC1=O)OCC. The predicted molar refractivity (Wildman–Crippen MR) is 58.8 cm³/mol. The smallest absolute Gasteiger partial charge is 0.416 e. The van der Waals surface area contributed by atoms with E-state index in [0.717, 1.165) is 4.90 Å². The van der Waals surface area contributed by atoms with Crippen molar-refractivity contribution in [3.05, 3.63) is 0 Å². The fourth-order valence-electron chi connectivity index (χ4n) is 1.39. The van der Waals surface area contributed by atoms with Crippen LogP contribution in [0.3, 0.4) is 0 Å². The van der Waals surface area contributed by atoms with Crippen LogP contribution in [-0.4, -0.2) is 49.4 Å². The van der Waals surface area contributed by atoms with Gasteiger partial charge >= 0.3 is 13.7 Å². The van der Waals surface area contributed by atoms with Crippen molar-refractivity contribution >= 4 is 19.6 Å². The molecule has 0 aromatic heterocycles. The van der Waals surface area contributed by atoms with E-state index >= 15 is 0 Å². The maximum atomic E-state index is 12.0. The van der Waals surface area contributed by atoms with Gasteiger partial charge in [0.1, 0.15) is 12.8 Å². The Morgan fingerprint density at radius 2 is 2.00 bits per heavy atom.